The Balaban J connectivity index is 1.60. The molecule has 4 unspecified atom stereocenters. The van der Waals surface area contributed by atoms with Crippen LogP contribution in [-0.2, 0) is 0 Å². The van der Waals surface area contributed by atoms with Crippen molar-refractivity contribution in [1.82, 2.24) is 0 Å². The predicted molar refractivity (Wildman–Crippen MR) is 76.4 cm³/mol. The average molecular weight is 246 g/mol. The van der Waals surface area contributed by atoms with Crippen LogP contribution in [0.3, 0.4) is 0 Å². The molecule has 0 nitrogen and oxygen atoms in total. The maximum atomic E-state index is 2.69. The predicted octanol–water partition coefficient (Wildman–Crippen LogP) is 5.56. The zero-order valence-corrected chi connectivity index (χ0v) is 12.2. The van der Waals surface area contributed by atoms with Crippen LogP contribution in [0.5, 0.6) is 0 Å². The molecule has 4 fully saturated rings. The molecule has 0 N–H and O–H groups in total. The van der Waals surface area contributed by atoms with Crippen LogP contribution in [0.2, 0.25) is 0 Å². The molecule has 4 aliphatic carbocycles. The molecule has 0 heterocycles. The van der Waals surface area contributed by atoms with Crippen molar-refractivity contribution in [2.24, 2.45) is 28.6 Å². The van der Waals surface area contributed by atoms with Gasteiger partial charge in [-0.1, -0.05) is 32.6 Å². The molecule has 0 radical (unpaired) electrons. The maximum Gasteiger partial charge on any atom is -0.0238 e. The minimum Gasteiger partial charge on any atom is -0.0614 e. The van der Waals surface area contributed by atoms with Gasteiger partial charge < -0.3 is 0 Å². The molecule has 4 aliphatic rings. The van der Waals surface area contributed by atoms with Crippen molar-refractivity contribution in [1.29, 1.82) is 0 Å². The van der Waals surface area contributed by atoms with Crippen LogP contribution in [0.15, 0.2) is 0 Å². The Morgan fingerprint density at radius 1 is 0.667 bits per heavy atom. The van der Waals surface area contributed by atoms with Crippen molar-refractivity contribution in [3.05, 3.63) is 0 Å². The molecule has 18 heavy (non-hydrogen) atoms. The zero-order chi connectivity index (χ0) is 12.2. The summed E-state index contributed by atoms with van der Waals surface area (Å²) in [7, 11) is 0. The zero-order valence-electron chi connectivity index (χ0n) is 12.2. The number of fused-ring (bicyclic) bond motifs is 2. The van der Waals surface area contributed by atoms with E-state index in [1.54, 1.807) is 64.2 Å². The fourth-order valence-electron chi connectivity index (χ4n) is 6.80. The quantitative estimate of drug-likeness (QED) is 0.598. The van der Waals surface area contributed by atoms with E-state index in [4.69, 9.17) is 0 Å². The highest BCUT2D eigenvalue weighted by atomic mass is 14.7. The van der Waals surface area contributed by atoms with Gasteiger partial charge in [-0.05, 0) is 80.0 Å². The van der Waals surface area contributed by atoms with Gasteiger partial charge in [0.25, 0.3) is 0 Å². The van der Waals surface area contributed by atoms with Gasteiger partial charge in [-0.15, -0.1) is 0 Å². The minimum atomic E-state index is 0.828. The maximum absolute atomic E-state index is 2.69. The van der Waals surface area contributed by atoms with Gasteiger partial charge in [-0.2, -0.15) is 0 Å². The van der Waals surface area contributed by atoms with Gasteiger partial charge in [0.05, 0.1) is 0 Å². The van der Waals surface area contributed by atoms with E-state index in [0.29, 0.717) is 0 Å². The summed E-state index contributed by atoms with van der Waals surface area (Å²) in [5.41, 5.74) is 1.66. The normalized spacial score (nSPS) is 52.5. The lowest BCUT2D eigenvalue weighted by Gasteiger charge is -2.67. The second kappa shape index (κ2) is 4.00. The monoisotopic (exact) mass is 246 g/mol. The summed E-state index contributed by atoms with van der Waals surface area (Å²) in [6.45, 7) is 2.69. The lowest BCUT2D eigenvalue weighted by Crippen LogP contribution is -2.58. The summed E-state index contributed by atoms with van der Waals surface area (Å²) in [6, 6.07) is 0. The van der Waals surface area contributed by atoms with E-state index in [9.17, 15) is 0 Å². The van der Waals surface area contributed by atoms with Gasteiger partial charge >= 0.3 is 0 Å². The molecule has 4 atom stereocenters. The highest BCUT2D eigenvalue weighted by Crippen LogP contribution is 2.70. The van der Waals surface area contributed by atoms with E-state index in [2.05, 4.69) is 6.92 Å². The summed E-state index contributed by atoms with van der Waals surface area (Å²) in [6.07, 6.45) is 18.8. The Morgan fingerprint density at radius 3 is 1.50 bits per heavy atom. The summed E-state index contributed by atoms with van der Waals surface area (Å²) < 4.78 is 0. The van der Waals surface area contributed by atoms with Crippen LogP contribution in [0.1, 0.15) is 84.0 Å². The van der Waals surface area contributed by atoms with Crippen molar-refractivity contribution >= 4 is 0 Å². The van der Waals surface area contributed by atoms with Gasteiger partial charge in [-0.3, -0.25) is 0 Å². The average Bonchev–Trinajstić information content (AvgIpc) is 2.33. The van der Waals surface area contributed by atoms with E-state index in [-0.39, 0.29) is 0 Å². The SMILES string of the molecule is CC(C12CCCCC1CC2)C12CCCCC1CC2. The van der Waals surface area contributed by atoms with Crippen molar-refractivity contribution in [2.75, 3.05) is 0 Å². The highest BCUT2D eigenvalue weighted by molar-refractivity contribution is 5.10. The molecule has 0 aromatic rings. The molecule has 0 spiro atoms. The Hall–Kier alpha value is 0. The third-order valence-electron chi connectivity index (χ3n) is 8.16. The van der Waals surface area contributed by atoms with E-state index in [1.165, 1.54) is 12.8 Å². The first-order valence-corrected chi connectivity index (χ1v) is 8.78. The third kappa shape index (κ3) is 1.33. The van der Waals surface area contributed by atoms with E-state index in [1.807, 2.05) is 0 Å². The number of hydrogen-bond donors (Lipinski definition) is 0. The van der Waals surface area contributed by atoms with Crippen LogP contribution < -0.4 is 0 Å². The molecule has 4 saturated carbocycles. The molecule has 0 aromatic heterocycles. The Morgan fingerprint density at radius 2 is 1.17 bits per heavy atom. The lowest BCUT2D eigenvalue weighted by molar-refractivity contribution is -0.172. The number of hydrogen-bond acceptors (Lipinski definition) is 0. The molecule has 0 heteroatoms. The van der Waals surface area contributed by atoms with E-state index >= 15 is 0 Å². The lowest BCUT2D eigenvalue weighted by atomic mass is 9.38. The standard InChI is InChI=1S/C18H30/c1-14(17-10-4-2-6-15(17)8-12-17)18-11-5-3-7-16(18)9-13-18/h14-16H,2-13H2,1H3. The van der Waals surface area contributed by atoms with Gasteiger partial charge in [0.15, 0.2) is 0 Å². The van der Waals surface area contributed by atoms with Gasteiger partial charge in [-0.25, -0.2) is 0 Å². The number of rotatable bonds is 2. The molecule has 0 amide bonds. The topological polar surface area (TPSA) is 0 Å². The summed E-state index contributed by atoms with van der Waals surface area (Å²) in [4.78, 5) is 0. The molecule has 0 saturated heterocycles. The molecule has 102 valence electrons. The fraction of sp³-hybridized carbons (Fsp3) is 1.00. The molecule has 4 rings (SSSR count). The first-order valence-electron chi connectivity index (χ1n) is 8.78. The van der Waals surface area contributed by atoms with Crippen LogP contribution in [0, 0.1) is 28.6 Å². The van der Waals surface area contributed by atoms with Crippen LogP contribution >= 0.6 is 0 Å². The van der Waals surface area contributed by atoms with E-state index < -0.39 is 0 Å². The van der Waals surface area contributed by atoms with Gasteiger partial charge in [0.2, 0.25) is 0 Å². The third-order valence-corrected chi connectivity index (χ3v) is 8.16. The minimum absolute atomic E-state index is 0.828. The molecule has 0 aliphatic heterocycles. The Bertz CT molecular complexity index is 301. The summed E-state index contributed by atoms with van der Waals surface area (Å²) >= 11 is 0. The smallest absolute Gasteiger partial charge is 0.0238 e. The Labute approximate surface area is 113 Å². The second-order valence-electron chi connectivity index (χ2n) is 8.15. The highest BCUT2D eigenvalue weighted by Gasteiger charge is 2.61. The first kappa shape index (κ1) is 11.8. The van der Waals surface area contributed by atoms with Crippen molar-refractivity contribution in [2.45, 2.75) is 84.0 Å². The molecular formula is C18H30. The Kier molecular flexibility index (Phi) is 2.62. The van der Waals surface area contributed by atoms with Gasteiger partial charge in [0.1, 0.15) is 0 Å². The fourth-order valence-corrected chi connectivity index (χ4v) is 6.80. The summed E-state index contributed by atoms with van der Waals surface area (Å²) in [5.74, 6) is 3.33. The summed E-state index contributed by atoms with van der Waals surface area (Å²) in [5, 5.41) is 0. The first-order chi connectivity index (χ1) is 8.78. The largest absolute Gasteiger partial charge is 0.0614 e. The van der Waals surface area contributed by atoms with Gasteiger partial charge in [0, 0.05) is 0 Å². The van der Waals surface area contributed by atoms with Crippen LogP contribution in [0.4, 0.5) is 0 Å². The van der Waals surface area contributed by atoms with Crippen molar-refractivity contribution in [3.8, 4) is 0 Å². The van der Waals surface area contributed by atoms with Crippen molar-refractivity contribution in [3.63, 3.8) is 0 Å². The van der Waals surface area contributed by atoms with Crippen LogP contribution in [0.25, 0.3) is 0 Å². The molecule has 0 aromatic carbocycles. The second-order valence-corrected chi connectivity index (χ2v) is 8.15. The van der Waals surface area contributed by atoms with E-state index in [0.717, 1.165) is 28.6 Å². The van der Waals surface area contributed by atoms with Crippen molar-refractivity contribution < 1.29 is 0 Å². The van der Waals surface area contributed by atoms with Crippen LogP contribution in [-0.4, -0.2) is 0 Å². The molecular weight excluding hydrogens is 216 g/mol. The molecule has 0 bridgehead atoms.